The van der Waals surface area contributed by atoms with E-state index in [1.807, 2.05) is 111 Å². The third kappa shape index (κ3) is 9.14. The number of Topliss-reactive ketones (excluding diaryl/α,β-unsaturated/α-hetero) is 2. The van der Waals surface area contributed by atoms with Gasteiger partial charge >= 0.3 is 0 Å². The van der Waals surface area contributed by atoms with Crippen LogP contribution in [-0.2, 0) is 19.2 Å². The van der Waals surface area contributed by atoms with Crippen LogP contribution in [0.4, 0.5) is 0 Å². The van der Waals surface area contributed by atoms with Crippen molar-refractivity contribution < 1.29 is 38.1 Å². The number of ether oxygens (including phenoxy) is 4. The molecule has 0 saturated carbocycles. The lowest BCUT2D eigenvalue weighted by Crippen LogP contribution is -2.48. The fourth-order valence-electron chi connectivity index (χ4n) is 7.68. The molecule has 2 amide bonds. The molecule has 4 aromatic carbocycles. The topological polar surface area (TPSA) is 112 Å². The average Bonchev–Trinajstić information content (AvgIpc) is 3.25. The van der Waals surface area contributed by atoms with Crippen LogP contribution in [0.3, 0.4) is 0 Å². The number of hydrogen-bond acceptors (Lipinski definition) is 8. The summed E-state index contributed by atoms with van der Waals surface area (Å²) >= 11 is 11.9. The zero-order chi connectivity index (χ0) is 40.5. The molecule has 0 aliphatic carbocycles. The van der Waals surface area contributed by atoms with Gasteiger partial charge in [0, 0.05) is 24.7 Å². The number of likely N-dealkylation sites (tertiary alicyclic amines) is 2. The minimum Gasteiger partial charge on any atom is -0.497 e. The zero-order valence-corrected chi connectivity index (χ0v) is 34.0. The maximum Gasteiger partial charge on any atom is 0.238 e. The van der Waals surface area contributed by atoms with E-state index in [1.165, 1.54) is 0 Å². The Labute approximate surface area is 338 Å². The zero-order valence-electron chi connectivity index (χ0n) is 32.4. The molecule has 0 unspecified atom stereocenters. The van der Waals surface area contributed by atoms with Crippen LogP contribution >= 0.6 is 23.2 Å². The van der Waals surface area contributed by atoms with Crippen LogP contribution < -0.4 is 18.9 Å². The molecule has 0 bridgehead atoms. The summed E-state index contributed by atoms with van der Waals surface area (Å²) in [7, 11) is 6.41. The quantitative estimate of drug-likeness (QED) is 0.147. The minimum absolute atomic E-state index is 0.125. The van der Waals surface area contributed by atoms with Gasteiger partial charge in [-0.2, -0.15) is 0 Å². The molecule has 2 aliphatic heterocycles. The van der Waals surface area contributed by atoms with Gasteiger partial charge in [-0.3, -0.25) is 19.2 Å². The Morgan fingerprint density at radius 2 is 0.750 bits per heavy atom. The van der Waals surface area contributed by atoms with E-state index in [0.717, 1.165) is 45.3 Å². The number of carbonyl (C=O) groups is 4. The number of carbonyl (C=O) groups excluding carboxylic acids is 4. The van der Waals surface area contributed by atoms with Gasteiger partial charge in [-0.05, 0) is 70.8 Å². The first-order valence-corrected chi connectivity index (χ1v) is 19.4. The van der Waals surface area contributed by atoms with Gasteiger partial charge in [-0.1, -0.05) is 62.4 Å². The average molecular weight is 804 g/mol. The van der Waals surface area contributed by atoms with Gasteiger partial charge in [-0.15, -0.1) is 23.2 Å². The van der Waals surface area contributed by atoms with E-state index in [4.69, 9.17) is 42.1 Å². The summed E-state index contributed by atoms with van der Waals surface area (Å²) in [5.41, 5.74) is 3.55. The highest BCUT2D eigenvalue weighted by Crippen LogP contribution is 2.45. The van der Waals surface area contributed by atoms with E-state index in [2.05, 4.69) is 0 Å². The van der Waals surface area contributed by atoms with Crippen molar-refractivity contribution in [2.24, 2.45) is 11.8 Å². The Bertz CT molecular complexity index is 1810. The lowest BCUT2D eigenvalue weighted by Gasteiger charge is -2.45. The molecule has 296 valence electrons. The second-order valence-corrected chi connectivity index (χ2v) is 14.3. The number of methoxy groups -OCH3 is 4. The lowest BCUT2D eigenvalue weighted by atomic mass is 9.80. The standard InChI is InChI=1S/2C22H24ClNO4/c2*1-14-20(25)12-19(15-4-8-17(27-2)9-5-15)24(21(26)13-23)22(14)16-6-10-18(28-3)11-7-16/h2*4-11,14,19,22H,12-13H2,1-3H3/t2*14-,19+,22-/m10/s1. The number of alkyl halides is 2. The molecule has 6 atom stereocenters. The highest BCUT2D eigenvalue weighted by Gasteiger charge is 2.45. The fourth-order valence-corrected chi connectivity index (χ4v) is 7.95. The summed E-state index contributed by atoms with van der Waals surface area (Å²) in [4.78, 5) is 55.0. The number of benzene rings is 4. The van der Waals surface area contributed by atoms with Crippen LogP contribution in [-0.4, -0.2) is 73.4 Å². The summed E-state index contributed by atoms with van der Waals surface area (Å²) in [6.45, 7) is 3.74. The predicted molar refractivity (Wildman–Crippen MR) is 216 cm³/mol. The number of amides is 2. The molecule has 12 heteroatoms. The molecule has 0 N–H and O–H groups in total. The van der Waals surface area contributed by atoms with Crippen molar-refractivity contribution in [3.8, 4) is 23.0 Å². The number of nitrogens with zero attached hydrogens (tertiary/aromatic N) is 2. The smallest absolute Gasteiger partial charge is 0.238 e. The van der Waals surface area contributed by atoms with E-state index in [1.54, 1.807) is 38.2 Å². The molecule has 2 heterocycles. The Morgan fingerprint density at radius 3 is 0.982 bits per heavy atom. The monoisotopic (exact) mass is 802 g/mol. The molecule has 4 aromatic rings. The Hall–Kier alpha value is -5.06. The van der Waals surface area contributed by atoms with E-state index >= 15 is 0 Å². The molecule has 0 radical (unpaired) electrons. The Morgan fingerprint density at radius 1 is 0.500 bits per heavy atom. The minimum atomic E-state index is -0.384. The van der Waals surface area contributed by atoms with Crippen molar-refractivity contribution in [1.82, 2.24) is 9.80 Å². The molecular weight excluding hydrogens is 755 g/mol. The van der Waals surface area contributed by atoms with Crippen molar-refractivity contribution in [2.45, 2.75) is 50.9 Å². The third-order valence-electron chi connectivity index (χ3n) is 10.7. The SMILES string of the molecule is COc1ccc([C@@H]2CC(=O)[C@@H](C)[C@H](c3ccc(OC)cc3)N2C(=O)CCl)cc1.COc1ccc([C@H]2CC(=O)[C@H](C)[C@@H](c3ccc(OC)cc3)N2C(=O)CCl)cc1. The van der Waals surface area contributed by atoms with Gasteiger partial charge in [0.05, 0.1) is 52.6 Å². The lowest BCUT2D eigenvalue weighted by molar-refractivity contribution is -0.146. The van der Waals surface area contributed by atoms with Crippen LogP contribution in [0.15, 0.2) is 97.1 Å². The highest BCUT2D eigenvalue weighted by molar-refractivity contribution is 6.27. The summed E-state index contributed by atoms with van der Waals surface area (Å²) in [6.07, 6.45) is 0.533. The van der Waals surface area contributed by atoms with E-state index in [0.29, 0.717) is 0 Å². The van der Waals surface area contributed by atoms with Gasteiger partial charge in [0.2, 0.25) is 11.8 Å². The molecule has 2 fully saturated rings. The van der Waals surface area contributed by atoms with Crippen molar-refractivity contribution in [3.63, 3.8) is 0 Å². The summed E-state index contributed by atoms with van der Waals surface area (Å²) in [5.74, 6) is 1.83. The molecule has 0 spiro atoms. The van der Waals surface area contributed by atoms with Crippen LogP contribution in [0.1, 0.15) is 73.1 Å². The molecule has 2 saturated heterocycles. The number of halogens is 2. The van der Waals surface area contributed by atoms with Crippen molar-refractivity contribution >= 4 is 46.6 Å². The van der Waals surface area contributed by atoms with Gasteiger partial charge in [0.15, 0.2) is 0 Å². The fraction of sp³-hybridized carbons (Fsp3) is 0.364. The molecule has 2 aliphatic rings. The normalized spacial score (nSPS) is 22.1. The second-order valence-electron chi connectivity index (χ2n) is 13.8. The summed E-state index contributed by atoms with van der Waals surface area (Å²) in [5, 5.41) is 0. The maximum absolute atomic E-state index is 12.9. The van der Waals surface area contributed by atoms with Crippen molar-refractivity contribution in [1.29, 1.82) is 0 Å². The van der Waals surface area contributed by atoms with Gasteiger partial charge in [-0.25, -0.2) is 0 Å². The molecule has 10 nitrogen and oxygen atoms in total. The highest BCUT2D eigenvalue weighted by atomic mass is 35.5. The number of hydrogen-bond donors (Lipinski definition) is 0. The van der Waals surface area contributed by atoms with E-state index < -0.39 is 0 Å². The maximum atomic E-state index is 12.9. The number of ketones is 2. The summed E-state index contributed by atoms with van der Waals surface area (Å²) in [6, 6.07) is 28.4. The van der Waals surface area contributed by atoms with Gasteiger partial charge in [0.1, 0.15) is 46.3 Å². The van der Waals surface area contributed by atoms with Crippen LogP contribution in [0.5, 0.6) is 23.0 Å². The van der Waals surface area contributed by atoms with E-state index in [9.17, 15) is 19.2 Å². The third-order valence-corrected chi connectivity index (χ3v) is 11.2. The van der Waals surface area contributed by atoms with Gasteiger partial charge in [0.25, 0.3) is 0 Å². The first kappa shape index (κ1) is 42.1. The van der Waals surface area contributed by atoms with Gasteiger partial charge < -0.3 is 28.7 Å². The molecule has 0 aromatic heterocycles. The molecular formula is C44H48Cl2N2O8. The van der Waals surface area contributed by atoms with Crippen LogP contribution in [0.25, 0.3) is 0 Å². The van der Waals surface area contributed by atoms with Crippen molar-refractivity contribution in [3.05, 3.63) is 119 Å². The predicted octanol–water partition coefficient (Wildman–Crippen LogP) is 8.33. The first-order valence-electron chi connectivity index (χ1n) is 18.4. The Balaban J connectivity index is 0.000000214. The second kappa shape index (κ2) is 19.2. The van der Waals surface area contributed by atoms with E-state index in [-0.39, 0.29) is 84.0 Å². The van der Waals surface area contributed by atoms with Crippen molar-refractivity contribution in [2.75, 3.05) is 40.2 Å². The summed E-state index contributed by atoms with van der Waals surface area (Å²) < 4.78 is 20.9. The largest absolute Gasteiger partial charge is 0.497 e. The van der Waals surface area contributed by atoms with Crippen LogP contribution in [0.2, 0.25) is 0 Å². The number of piperidine rings is 2. The first-order chi connectivity index (χ1) is 27.0. The molecule has 6 rings (SSSR count). The molecule has 56 heavy (non-hydrogen) atoms. The van der Waals surface area contributed by atoms with Crippen LogP contribution in [0, 0.1) is 11.8 Å². The Kier molecular flexibility index (Phi) is 14.4. The number of rotatable bonds is 10.